The fourth-order valence-corrected chi connectivity index (χ4v) is 5.05. The third-order valence-electron chi connectivity index (χ3n) is 6.20. The van der Waals surface area contributed by atoms with E-state index in [0.29, 0.717) is 19.4 Å². The smallest absolute Gasteiger partial charge is 0.264 e. The molecule has 7 nitrogen and oxygen atoms in total. The highest BCUT2D eigenvalue weighted by molar-refractivity contribution is 7.85. The zero-order valence-corrected chi connectivity index (χ0v) is 20.2. The van der Waals surface area contributed by atoms with Crippen LogP contribution in [0, 0.1) is 5.82 Å². The Bertz CT molecular complexity index is 1100. The second-order valence-corrected chi connectivity index (χ2v) is 10.5. The average Bonchev–Trinajstić information content (AvgIpc) is 2.82. The minimum Gasteiger partial charge on any atom is -0.370 e. The summed E-state index contributed by atoms with van der Waals surface area (Å²) in [5.74, 6) is -0.403. The second-order valence-electron chi connectivity index (χ2n) is 8.89. The van der Waals surface area contributed by atoms with Crippen molar-refractivity contribution in [3.8, 4) is 0 Å². The van der Waals surface area contributed by atoms with Gasteiger partial charge >= 0.3 is 0 Å². The van der Waals surface area contributed by atoms with E-state index in [1.807, 2.05) is 23.1 Å². The largest absolute Gasteiger partial charge is 0.370 e. The van der Waals surface area contributed by atoms with Crippen LogP contribution >= 0.6 is 0 Å². The normalized spacial score (nSPS) is 23.9. The Kier molecular flexibility index (Phi) is 7.67. The van der Waals surface area contributed by atoms with E-state index in [9.17, 15) is 17.6 Å². The maximum absolute atomic E-state index is 13.6. The highest BCUT2D eigenvalue weighted by Gasteiger charge is 2.37. The predicted molar refractivity (Wildman–Crippen MR) is 124 cm³/mol. The van der Waals surface area contributed by atoms with Crippen LogP contribution in [0.1, 0.15) is 42.5 Å². The van der Waals surface area contributed by atoms with Gasteiger partial charge in [-0.2, -0.15) is 8.42 Å². The summed E-state index contributed by atoms with van der Waals surface area (Å²) in [5.41, 5.74) is 3.09. The molecule has 4 rings (SSSR count). The zero-order chi connectivity index (χ0) is 24.3. The Morgan fingerprint density at radius 2 is 1.91 bits per heavy atom. The van der Waals surface area contributed by atoms with Crippen LogP contribution in [0.5, 0.6) is 0 Å². The van der Waals surface area contributed by atoms with Gasteiger partial charge in [0.15, 0.2) is 0 Å². The van der Waals surface area contributed by atoms with Gasteiger partial charge in [-0.05, 0) is 55.0 Å². The molecule has 184 valence electrons. The standard InChI is InChI=1S/C25H30FNO6S/c1-17(15-32-34(2,29)30)33-21-11-12-23(31-16-21)25(28)27-14-13-18-5-3-4-6-22(18)24(27)19-7-9-20(26)10-8-19/h3-10,17,21,23-24H,11-16H2,1-2H3/t17-,21-,23-,24+/m1/s1. The summed E-state index contributed by atoms with van der Waals surface area (Å²) in [5, 5.41) is 0. The minimum absolute atomic E-state index is 0.0652. The van der Waals surface area contributed by atoms with Crippen LogP contribution in [-0.2, 0) is 35.0 Å². The Morgan fingerprint density at radius 1 is 1.18 bits per heavy atom. The lowest BCUT2D eigenvalue weighted by Crippen LogP contribution is -2.48. The molecule has 0 aromatic heterocycles. The first-order valence-corrected chi connectivity index (χ1v) is 13.3. The first-order chi connectivity index (χ1) is 16.2. The molecule has 0 N–H and O–H groups in total. The van der Waals surface area contributed by atoms with Crippen molar-refractivity contribution in [2.75, 3.05) is 26.0 Å². The summed E-state index contributed by atoms with van der Waals surface area (Å²) < 4.78 is 52.4. The van der Waals surface area contributed by atoms with Crippen LogP contribution in [0.2, 0.25) is 0 Å². The topological polar surface area (TPSA) is 82.1 Å². The van der Waals surface area contributed by atoms with E-state index < -0.39 is 22.3 Å². The van der Waals surface area contributed by atoms with Crippen molar-refractivity contribution in [3.63, 3.8) is 0 Å². The number of ether oxygens (including phenoxy) is 2. The number of benzene rings is 2. The van der Waals surface area contributed by atoms with Crippen LogP contribution in [0.15, 0.2) is 48.5 Å². The van der Waals surface area contributed by atoms with E-state index >= 15 is 0 Å². The number of carbonyl (C=O) groups is 1. The quantitative estimate of drug-likeness (QED) is 0.553. The number of halogens is 1. The molecule has 0 aliphatic carbocycles. The summed E-state index contributed by atoms with van der Waals surface area (Å²) in [7, 11) is -3.53. The molecule has 1 fully saturated rings. The van der Waals surface area contributed by atoms with Crippen LogP contribution in [0.4, 0.5) is 4.39 Å². The van der Waals surface area contributed by atoms with Crippen molar-refractivity contribution < 1.29 is 31.3 Å². The van der Waals surface area contributed by atoms with E-state index in [1.54, 1.807) is 19.1 Å². The first kappa shape index (κ1) is 24.8. The summed E-state index contributed by atoms with van der Waals surface area (Å²) in [6.07, 6.45) is 1.61. The molecule has 2 aromatic carbocycles. The lowest BCUT2D eigenvalue weighted by molar-refractivity contribution is -0.159. The number of amides is 1. The van der Waals surface area contributed by atoms with Crippen LogP contribution in [0.25, 0.3) is 0 Å². The van der Waals surface area contributed by atoms with Crippen molar-refractivity contribution in [3.05, 3.63) is 71.0 Å². The van der Waals surface area contributed by atoms with E-state index in [1.165, 1.54) is 17.7 Å². The molecule has 1 amide bonds. The number of hydrogen-bond donors (Lipinski definition) is 0. The molecule has 4 atom stereocenters. The average molecular weight is 492 g/mol. The molecule has 0 bridgehead atoms. The van der Waals surface area contributed by atoms with Crippen molar-refractivity contribution in [1.29, 1.82) is 0 Å². The maximum Gasteiger partial charge on any atom is 0.264 e. The molecular weight excluding hydrogens is 461 g/mol. The number of rotatable bonds is 7. The van der Waals surface area contributed by atoms with E-state index in [0.717, 1.165) is 23.8 Å². The van der Waals surface area contributed by atoms with Crippen molar-refractivity contribution in [2.24, 2.45) is 0 Å². The van der Waals surface area contributed by atoms with Crippen molar-refractivity contribution in [1.82, 2.24) is 4.90 Å². The van der Waals surface area contributed by atoms with Gasteiger partial charge < -0.3 is 14.4 Å². The summed E-state index contributed by atoms with van der Waals surface area (Å²) in [4.78, 5) is 15.4. The molecule has 0 saturated carbocycles. The highest BCUT2D eigenvalue weighted by atomic mass is 32.2. The summed E-state index contributed by atoms with van der Waals surface area (Å²) >= 11 is 0. The Balaban J connectivity index is 1.42. The van der Waals surface area contributed by atoms with Gasteiger partial charge in [0.25, 0.3) is 16.0 Å². The summed E-state index contributed by atoms with van der Waals surface area (Å²) in [6.45, 7) is 2.47. The lowest BCUT2D eigenvalue weighted by Gasteiger charge is -2.40. The number of hydrogen-bond acceptors (Lipinski definition) is 6. The van der Waals surface area contributed by atoms with Gasteiger partial charge in [0.05, 0.1) is 37.7 Å². The fraction of sp³-hybridized carbons (Fsp3) is 0.480. The molecule has 2 aliphatic rings. The third-order valence-corrected chi connectivity index (χ3v) is 6.77. The molecular formula is C25H30FNO6S. The fourth-order valence-electron chi connectivity index (χ4n) is 4.61. The van der Waals surface area contributed by atoms with Crippen molar-refractivity contribution in [2.45, 2.75) is 50.5 Å². The maximum atomic E-state index is 13.6. The van der Waals surface area contributed by atoms with Gasteiger partial charge in [-0.25, -0.2) is 4.39 Å². The minimum atomic E-state index is -3.53. The molecule has 0 unspecified atom stereocenters. The molecule has 1 saturated heterocycles. The third kappa shape index (κ3) is 6.02. The van der Waals surface area contributed by atoms with Crippen LogP contribution < -0.4 is 0 Å². The van der Waals surface area contributed by atoms with E-state index in [2.05, 4.69) is 6.07 Å². The number of nitrogens with zero attached hydrogens (tertiary/aromatic N) is 1. The van der Waals surface area contributed by atoms with Gasteiger partial charge in [0.2, 0.25) is 0 Å². The molecule has 2 heterocycles. The molecule has 9 heteroatoms. The molecule has 0 spiro atoms. The first-order valence-electron chi connectivity index (χ1n) is 11.5. The van der Waals surface area contributed by atoms with E-state index in [4.69, 9.17) is 13.7 Å². The van der Waals surface area contributed by atoms with Gasteiger partial charge in [-0.3, -0.25) is 8.98 Å². The molecule has 34 heavy (non-hydrogen) atoms. The second kappa shape index (κ2) is 10.5. The SMILES string of the molecule is C[C@H](COS(C)(=O)=O)O[C@@H]1CC[C@H](C(=O)N2CCc3ccccc3[C@@H]2c2ccc(F)cc2)OC1. The number of fused-ring (bicyclic) bond motifs is 1. The van der Waals surface area contributed by atoms with Crippen molar-refractivity contribution >= 4 is 16.0 Å². The van der Waals surface area contributed by atoms with Crippen LogP contribution in [-0.4, -0.2) is 63.6 Å². The monoisotopic (exact) mass is 491 g/mol. The molecule has 0 radical (unpaired) electrons. The Morgan fingerprint density at radius 3 is 2.59 bits per heavy atom. The van der Waals surface area contributed by atoms with Crippen LogP contribution in [0.3, 0.4) is 0 Å². The Labute approximate surface area is 199 Å². The lowest BCUT2D eigenvalue weighted by atomic mass is 9.87. The molecule has 2 aromatic rings. The van der Waals surface area contributed by atoms with Gasteiger partial charge in [0, 0.05) is 6.54 Å². The summed E-state index contributed by atoms with van der Waals surface area (Å²) in [6, 6.07) is 14.0. The van der Waals surface area contributed by atoms with Gasteiger partial charge in [0.1, 0.15) is 11.9 Å². The zero-order valence-electron chi connectivity index (χ0n) is 19.4. The van der Waals surface area contributed by atoms with Gasteiger partial charge in [-0.15, -0.1) is 0 Å². The van der Waals surface area contributed by atoms with Gasteiger partial charge in [-0.1, -0.05) is 36.4 Å². The highest BCUT2D eigenvalue weighted by Crippen LogP contribution is 2.36. The molecule has 2 aliphatic heterocycles. The number of carbonyl (C=O) groups excluding carboxylic acids is 1. The van der Waals surface area contributed by atoms with E-state index in [-0.39, 0.29) is 37.1 Å². The predicted octanol–water partition coefficient (Wildman–Crippen LogP) is 3.23. The Hall–Kier alpha value is -2.33.